The van der Waals surface area contributed by atoms with Crippen LogP contribution in [0.25, 0.3) is 0 Å². The van der Waals surface area contributed by atoms with E-state index >= 15 is 0 Å². The average molecular weight is 439 g/mol. The van der Waals surface area contributed by atoms with Gasteiger partial charge in [0.15, 0.2) is 0 Å². The summed E-state index contributed by atoms with van der Waals surface area (Å²) in [5, 5.41) is 2.80. The Balaban J connectivity index is 2.28. The highest BCUT2D eigenvalue weighted by Crippen LogP contribution is 2.27. The molecule has 156 valence electrons. The predicted molar refractivity (Wildman–Crippen MR) is 114 cm³/mol. The molecule has 29 heavy (non-hydrogen) atoms. The molecule has 0 aliphatic rings. The summed E-state index contributed by atoms with van der Waals surface area (Å²) in [5.74, 6) is -1.17. The number of para-hydroxylation sites is 1. The lowest BCUT2D eigenvalue weighted by Gasteiger charge is -2.25. The van der Waals surface area contributed by atoms with Crippen molar-refractivity contribution in [1.82, 2.24) is 0 Å². The summed E-state index contributed by atoms with van der Waals surface area (Å²) in [6, 6.07) is 9.75. The van der Waals surface area contributed by atoms with Crippen molar-refractivity contribution in [3.63, 3.8) is 0 Å². The van der Waals surface area contributed by atoms with E-state index in [-0.39, 0.29) is 17.2 Å². The molecule has 0 radical (unpaired) electrons. The van der Waals surface area contributed by atoms with E-state index in [0.29, 0.717) is 11.4 Å². The molecule has 0 fully saturated rings. The van der Waals surface area contributed by atoms with Crippen molar-refractivity contribution in [1.29, 1.82) is 0 Å². The quantitative estimate of drug-likeness (QED) is 0.667. The van der Waals surface area contributed by atoms with E-state index in [1.54, 1.807) is 32.9 Å². The molecule has 0 unspecified atom stereocenters. The minimum Gasteiger partial charge on any atom is -0.462 e. The van der Waals surface area contributed by atoms with Crippen LogP contribution in [0.2, 0.25) is 5.02 Å². The molecule has 0 bridgehead atoms. The maximum absolute atomic E-state index is 12.6. The summed E-state index contributed by atoms with van der Waals surface area (Å²) in [4.78, 5) is 24.6. The van der Waals surface area contributed by atoms with Crippen LogP contribution in [0.4, 0.5) is 11.4 Å². The molecular formula is C20H23ClN2O5S. The number of nitrogens with zero attached hydrogens (tertiary/aromatic N) is 1. The summed E-state index contributed by atoms with van der Waals surface area (Å²) in [6.45, 7) is 5.00. The van der Waals surface area contributed by atoms with E-state index in [9.17, 15) is 18.0 Å². The third kappa shape index (κ3) is 5.71. The minimum atomic E-state index is -3.71. The summed E-state index contributed by atoms with van der Waals surface area (Å²) < 4.78 is 30.7. The number of sulfonamides is 1. The Morgan fingerprint density at radius 2 is 1.76 bits per heavy atom. The molecule has 2 aromatic rings. The molecule has 0 heterocycles. The number of amides is 1. The average Bonchev–Trinajstić information content (AvgIpc) is 2.61. The Morgan fingerprint density at radius 1 is 1.14 bits per heavy atom. The number of esters is 1. The molecule has 0 aromatic heterocycles. The van der Waals surface area contributed by atoms with E-state index in [1.807, 2.05) is 6.07 Å². The number of carbonyl (C=O) groups is 2. The number of rotatable bonds is 7. The number of hydrogen-bond donors (Lipinski definition) is 1. The second-order valence-corrected chi connectivity index (χ2v) is 8.79. The maximum atomic E-state index is 12.6. The van der Waals surface area contributed by atoms with Gasteiger partial charge in [0, 0.05) is 5.69 Å². The van der Waals surface area contributed by atoms with E-state index < -0.39 is 28.4 Å². The van der Waals surface area contributed by atoms with E-state index in [4.69, 9.17) is 16.3 Å². The number of anilines is 2. The first-order chi connectivity index (χ1) is 13.5. The Kier molecular flexibility index (Phi) is 7.26. The standard InChI is InChI=1S/C20H23ClN2O5S/c1-5-28-20(25)16-11-15(9-10-17(16)21)22-18(24)12-23(29(4,26)27)19-13(2)7-6-8-14(19)3/h6-11H,5,12H2,1-4H3,(H,22,24). The number of nitrogens with one attached hydrogen (secondary N) is 1. The zero-order chi connectivity index (χ0) is 21.8. The molecule has 2 aromatic carbocycles. The molecule has 1 N–H and O–H groups in total. The predicted octanol–water partition coefficient (Wildman–Crippen LogP) is 3.54. The van der Waals surface area contributed by atoms with Crippen molar-refractivity contribution in [3.05, 3.63) is 58.1 Å². The highest BCUT2D eigenvalue weighted by Gasteiger charge is 2.24. The second-order valence-electron chi connectivity index (χ2n) is 6.47. The highest BCUT2D eigenvalue weighted by molar-refractivity contribution is 7.92. The van der Waals surface area contributed by atoms with Crippen molar-refractivity contribution in [2.75, 3.05) is 29.0 Å². The van der Waals surface area contributed by atoms with Crippen LogP contribution in [0.5, 0.6) is 0 Å². The minimum absolute atomic E-state index is 0.112. The molecular weight excluding hydrogens is 416 g/mol. The van der Waals surface area contributed by atoms with Crippen LogP contribution in [0.1, 0.15) is 28.4 Å². The largest absolute Gasteiger partial charge is 0.462 e. The number of carbonyl (C=O) groups excluding carboxylic acids is 2. The first-order valence-electron chi connectivity index (χ1n) is 8.85. The number of hydrogen-bond acceptors (Lipinski definition) is 5. The van der Waals surface area contributed by atoms with Crippen LogP contribution >= 0.6 is 11.6 Å². The van der Waals surface area contributed by atoms with Crippen molar-refractivity contribution in [2.45, 2.75) is 20.8 Å². The van der Waals surface area contributed by atoms with Crippen LogP contribution in [0.3, 0.4) is 0 Å². The smallest absolute Gasteiger partial charge is 0.339 e. The van der Waals surface area contributed by atoms with Crippen molar-refractivity contribution in [3.8, 4) is 0 Å². The van der Waals surface area contributed by atoms with Gasteiger partial charge in [0.1, 0.15) is 6.54 Å². The molecule has 0 saturated heterocycles. The van der Waals surface area contributed by atoms with Gasteiger partial charge in [-0.2, -0.15) is 0 Å². The normalized spacial score (nSPS) is 11.1. The van der Waals surface area contributed by atoms with E-state index in [2.05, 4.69) is 5.32 Å². The number of benzene rings is 2. The molecule has 7 nitrogen and oxygen atoms in total. The monoisotopic (exact) mass is 438 g/mol. The molecule has 0 aliphatic carbocycles. The van der Waals surface area contributed by atoms with Crippen LogP contribution in [-0.4, -0.2) is 39.7 Å². The highest BCUT2D eigenvalue weighted by atomic mass is 35.5. The molecule has 9 heteroatoms. The van der Waals surface area contributed by atoms with Gasteiger partial charge in [-0.25, -0.2) is 13.2 Å². The van der Waals surface area contributed by atoms with Crippen LogP contribution in [0.15, 0.2) is 36.4 Å². The number of aryl methyl sites for hydroxylation is 2. The molecule has 0 spiro atoms. The van der Waals surface area contributed by atoms with Crippen molar-refractivity contribution >= 4 is 44.9 Å². The second kappa shape index (κ2) is 9.28. The lowest BCUT2D eigenvalue weighted by molar-refractivity contribution is -0.114. The summed E-state index contributed by atoms with van der Waals surface area (Å²) in [6.07, 6.45) is 1.05. The van der Waals surface area contributed by atoms with Gasteiger partial charge < -0.3 is 10.1 Å². The fourth-order valence-corrected chi connectivity index (χ4v) is 4.03. The third-order valence-corrected chi connectivity index (χ3v) is 5.56. The van der Waals surface area contributed by atoms with Crippen LogP contribution in [-0.2, 0) is 19.6 Å². The molecule has 0 aliphatic heterocycles. The molecule has 0 saturated carbocycles. The lowest BCUT2D eigenvalue weighted by atomic mass is 10.1. The fourth-order valence-electron chi connectivity index (χ4n) is 2.86. The summed E-state index contributed by atoms with van der Waals surface area (Å²) in [5.41, 5.74) is 2.35. The fraction of sp³-hybridized carbons (Fsp3) is 0.300. The van der Waals surface area contributed by atoms with Crippen LogP contribution < -0.4 is 9.62 Å². The zero-order valence-corrected chi connectivity index (χ0v) is 18.2. The molecule has 2 rings (SSSR count). The Bertz CT molecular complexity index is 1020. The van der Waals surface area contributed by atoms with Gasteiger partial charge in [-0.05, 0) is 50.1 Å². The van der Waals surface area contributed by atoms with Gasteiger partial charge >= 0.3 is 5.97 Å². The SMILES string of the molecule is CCOC(=O)c1cc(NC(=O)CN(c2c(C)cccc2C)S(C)(=O)=O)ccc1Cl. The zero-order valence-electron chi connectivity index (χ0n) is 16.7. The van der Waals surface area contributed by atoms with Gasteiger partial charge in [0.25, 0.3) is 0 Å². The van der Waals surface area contributed by atoms with Gasteiger partial charge in [-0.15, -0.1) is 0 Å². The number of ether oxygens (including phenoxy) is 1. The number of halogens is 1. The van der Waals surface area contributed by atoms with Crippen molar-refractivity contribution < 1.29 is 22.7 Å². The van der Waals surface area contributed by atoms with Gasteiger partial charge in [0.2, 0.25) is 15.9 Å². The Morgan fingerprint density at radius 3 is 2.31 bits per heavy atom. The van der Waals surface area contributed by atoms with Crippen LogP contribution in [0, 0.1) is 13.8 Å². The first-order valence-corrected chi connectivity index (χ1v) is 11.1. The topological polar surface area (TPSA) is 92.8 Å². The summed E-state index contributed by atoms with van der Waals surface area (Å²) in [7, 11) is -3.71. The Hall–Kier alpha value is -2.58. The Labute approximate surface area is 175 Å². The van der Waals surface area contributed by atoms with Gasteiger partial charge in [0.05, 0.1) is 29.1 Å². The van der Waals surface area contributed by atoms with E-state index in [0.717, 1.165) is 21.7 Å². The molecule has 1 amide bonds. The van der Waals surface area contributed by atoms with Gasteiger partial charge in [-0.3, -0.25) is 9.10 Å². The first kappa shape index (κ1) is 22.7. The van der Waals surface area contributed by atoms with Gasteiger partial charge in [-0.1, -0.05) is 29.8 Å². The maximum Gasteiger partial charge on any atom is 0.339 e. The lowest BCUT2D eigenvalue weighted by Crippen LogP contribution is -2.38. The van der Waals surface area contributed by atoms with E-state index in [1.165, 1.54) is 18.2 Å². The third-order valence-electron chi connectivity index (χ3n) is 4.12. The molecule has 0 atom stereocenters. The van der Waals surface area contributed by atoms with Crippen molar-refractivity contribution in [2.24, 2.45) is 0 Å². The summed E-state index contributed by atoms with van der Waals surface area (Å²) >= 11 is 6.02.